The lowest BCUT2D eigenvalue weighted by atomic mass is 10.2. The number of hydrogen-bond donors (Lipinski definition) is 2. The molecule has 2 N–H and O–H groups in total. The monoisotopic (exact) mass is 479 g/mol. The quantitative estimate of drug-likeness (QED) is 0.680. The average molecular weight is 480 g/mol. The number of benzene rings is 2. The first-order valence-electron chi connectivity index (χ1n) is 10.4. The van der Waals surface area contributed by atoms with Crippen LogP contribution < -0.4 is 18.9 Å². The van der Waals surface area contributed by atoms with E-state index in [9.17, 15) is 16.8 Å². The minimum Gasteiger partial charge on any atom is -0.490 e. The normalized spacial score (nSPS) is 16.9. The van der Waals surface area contributed by atoms with Gasteiger partial charge in [-0.25, -0.2) is 16.8 Å². The maximum absolute atomic E-state index is 12.9. The van der Waals surface area contributed by atoms with E-state index in [4.69, 9.17) is 9.47 Å². The minimum atomic E-state index is -3.98. The first-order valence-corrected chi connectivity index (χ1v) is 13.4. The highest BCUT2D eigenvalue weighted by atomic mass is 32.2. The van der Waals surface area contributed by atoms with Gasteiger partial charge in [-0.05, 0) is 43.2 Å². The molecular weight excluding hydrogens is 454 g/mol. The third kappa shape index (κ3) is 5.33. The van der Waals surface area contributed by atoms with E-state index in [1.165, 1.54) is 36.4 Å². The summed E-state index contributed by atoms with van der Waals surface area (Å²) in [5, 5.41) is 0. The molecule has 0 fully saturated rings. The van der Waals surface area contributed by atoms with Crippen molar-refractivity contribution < 1.29 is 26.3 Å². The van der Waals surface area contributed by atoms with Gasteiger partial charge in [0.2, 0.25) is 0 Å². The van der Waals surface area contributed by atoms with Gasteiger partial charge in [0.05, 0.1) is 28.7 Å². The Hall–Kier alpha value is -2.79. The van der Waals surface area contributed by atoms with E-state index in [2.05, 4.69) is 14.4 Å². The van der Waals surface area contributed by atoms with Gasteiger partial charge < -0.3 is 9.47 Å². The van der Waals surface area contributed by atoms with Crippen LogP contribution in [0.1, 0.15) is 32.1 Å². The van der Waals surface area contributed by atoms with Crippen molar-refractivity contribution in [3.05, 3.63) is 42.5 Å². The summed E-state index contributed by atoms with van der Waals surface area (Å²) in [6.07, 6.45) is 4.08. The number of nitrogens with zero attached hydrogens (tertiary/aromatic N) is 1. The Morgan fingerprint density at radius 2 is 1.50 bits per heavy atom. The number of hydrogen-bond acceptors (Lipinski definition) is 7. The Bertz CT molecular complexity index is 1230. The largest absolute Gasteiger partial charge is 0.490 e. The second-order valence-corrected chi connectivity index (χ2v) is 10.9. The van der Waals surface area contributed by atoms with Gasteiger partial charge in [0.25, 0.3) is 20.0 Å². The van der Waals surface area contributed by atoms with Crippen molar-refractivity contribution >= 4 is 31.6 Å². The molecule has 0 atom stereocenters. The first kappa shape index (κ1) is 22.4. The van der Waals surface area contributed by atoms with E-state index >= 15 is 0 Å². The number of aliphatic imine (C=N–C) groups is 1. The van der Waals surface area contributed by atoms with Gasteiger partial charge in [-0.2, -0.15) is 0 Å². The third-order valence-electron chi connectivity index (χ3n) is 5.05. The molecule has 2 aliphatic heterocycles. The summed E-state index contributed by atoms with van der Waals surface area (Å²) >= 11 is 0. The summed E-state index contributed by atoms with van der Waals surface area (Å²) in [4.78, 5) is 4.22. The van der Waals surface area contributed by atoms with E-state index in [1.807, 2.05) is 0 Å². The highest BCUT2D eigenvalue weighted by molar-refractivity contribution is 7.92. The number of nitrogens with one attached hydrogen (secondary N) is 2. The summed E-state index contributed by atoms with van der Waals surface area (Å²) in [7, 11) is -7.86. The molecule has 0 unspecified atom stereocenters. The standard InChI is InChI=1S/C21H25N3O6S2/c25-31(26,18-9-10-19-20(15-18)30-13-5-12-29-19)23-16-6-4-7-17(14-16)32(27,28)24-21-8-2-1-3-11-22-21/h4,6-7,9-10,14-15,23H,1-3,5,8,11-13H2,(H,22,24). The van der Waals surface area contributed by atoms with Crippen molar-refractivity contribution in [3.8, 4) is 11.5 Å². The van der Waals surface area contributed by atoms with Gasteiger partial charge >= 0.3 is 0 Å². The topological polar surface area (TPSA) is 123 Å². The van der Waals surface area contributed by atoms with Crippen LogP contribution in [0.5, 0.6) is 11.5 Å². The molecule has 0 spiro atoms. The Morgan fingerprint density at radius 1 is 0.750 bits per heavy atom. The van der Waals surface area contributed by atoms with E-state index in [0.29, 0.717) is 49.9 Å². The number of ether oxygens (including phenoxy) is 2. The first-order chi connectivity index (χ1) is 15.3. The maximum atomic E-state index is 12.9. The highest BCUT2D eigenvalue weighted by Gasteiger charge is 2.21. The Balaban J connectivity index is 1.54. The van der Waals surface area contributed by atoms with E-state index in [0.717, 1.165) is 19.3 Å². The SMILES string of the molecule is O=S(=O)(NC1=NCCCCC1)c1cccc(NS(=O)(=O)c2ccc3c(c2)OCCCO3)c1. The van der Waals surface area contributed by atoms with Crippen molar-refractivity contribution in [3.63, 3.8) is 0 Å². The number of sulfonamides is 2. The fourth-order valence-corrected chi connectivity index (χ4v) is 5.62. The smallest absolute Gasteiger partial charge is 0.262 e. The third-order valence-corrected chi connectivity index (χ3v) is 7.81. The second-order valence-electron chi connectivity index (χ2n) is 7.54. The lowest BCUT2D eigenvalue weighted by molar-refractivity contribution is 0.297. The number of anilines is 1. The summed E-state index contributed by atoms with van der Waals surface area (Å²) in [5.74, 6) is 1.28. The van der Waals surface area contributed by atoms with Gasteiger partial charge in [0.15, 0.2) is 11.5 Å². The van der Waals surface area contributed by atoms with Crippen molar-refractivity contribution in [2.75, 3.05) is 24.5 Å². The fraction of sp³-hybridized carbons (Fsp3) is 0.381. The second kappa shape index (κ2) is 9.37. The van der Waals surface area contributed by atoms with Crippen LogP contribution in [-0.4, -0.2) is 42.4 Å². The highest BCUT2D eigenvalue weighted by Crippen LogP contribution is 2.32. The van der Waals surface area contributed by atoms with E-state index in [1.54, 1.807) is 6.07 Å². The molecule has 4 rings (SSSR count). The van der Waals surface area contributed by atoms with Crippen LogP contribution in [0.2, 0.25) is 0 Å². The van der Waals surface area contributed by atoms with E-state index in [-0.39, 0.29) is 15.5 Å². The fourth-order valence-electron chi connectivity index (χ4n) is 3.42. The molecule has 9 nitrogen and oxygen atoms in total. The predicted octanol–water partition coefficient (Wildman–Crippen LogP) is 2.90. The van der Waals surface area contributed by atoms with Crippen molar-refractivity contribution in [1.82, 2.24) is 4.72 Å². The zero-order valence-electron chi connectivity index (χ0n) is 17.4. The Kier molecular flexibility index (Phi) is 6.56. The predicted molar refractivity (Wildman–Crippen MR) is 120 cm³/mol. The molecule has 0 bridgehead atoms. The Morgan fingerprint density at radius 3 is 2.34 bits per heavy atom. The molecular formula is C21H25N3O6S2. The zero-order chi connectivity index (χ0) is 22.6. The molecule has 2 aromatic carbocycles. The summed E-state index contributed by atoms with van der Waals surface area (Å²) in [6, 6.07) is 10.0. The lowest BCUT2D eigenvalue weighted by Crippen LogP contribution is -2.30. The Labute approximate surface area is 188 Å². The lowest BCUT2D eigenvalue weighted by Gasteiger charge is -2.13. The van der Waals surface area contributed by atoms with Crippen molar-refractivity contribution in [2.24, 2.45) is 4.99 Å². The molecule has 2 aliphatic rings. The van der Waals surface area contributed by atoms with Crippen molar-refractivity contribution in [1.29, 1.82) is 0 Å². The molecule has 11 heteroatoms. The van der Waals surface area contributed by atoms with Crippen LogP contribution >= 0.6 is 0 Å². The van der Waals surface area contributed by atoms with Gasteiger partial charge in [-0.3, -0.25) is 14.4 Å². The van der Waals surface area contributed by atoms with Crippen LogP contribution in [0.25, 0.3) is 0 Å². The zero-order valence-corrected chi connectivity index (χ0v) is 19.0. The molecule has 0 saturated carbocycles. The molecule has 2 aromatic rings. The summed E-state index contributed by atoms with van der Waals surface area (Å²) in [5.41, 5.74) is 0.128. The number of rotatable bonds is 5. The maximum Gasteiger partial charge on any atom is 0.262 e. The molecule has 0 amide bonds. The van der Waals surface area contributed by atoms with Crippen LogP contribution in [0.4, 0.5) is 5.69 Å². The van der Waals surface area contributed by atoms with Gasteiger partial charge in [-0.15, -0.1) is 0 Å². The van der Waals surface area contributed by atoms with Gasteiger partial charge in [0, 0.05) is 25.5 Å². The van der Waals surface area contributed by atoms with E-state index < -0.39 is 20.0 Å². The molecule has 0 saturated heterocycles. The molecule has 172 valence electrons. The number of fused-ring (bicyclic) bond motifs is 1. The number of amidine groups is 1. The average Bonchev–Trinajstić information content (AvgIpc) is 3.15. The minimum absolute atomic E-state index is 0.0130. The van der Waals surface area contributed by atoms with Crippen LogP contribution in [0.3, 0.4) is 0 Å². The molecule has 0 radical (unpaired) electrons. The summed E-state index contributed by atoms with van der Waals surface area (Å²) < 4.78 is 67.4. The van der Waals surface area contributed by atoms with Gasteiger partial charge in [0.1, 0.15) is 5.84 Å². The van der Waals surface area contributed by atoms with Crippen LogP contribution in [0.15, 0.2) is 57.2 Å². The molecule has 0 aromatic heterocycles. The van der Waals surface area contributed by atoms with Crippen LogP contribution in [-0.2, 0) is 20.0 Å². The molecule has 0 aliphatic carbocycles. The van der Waals surface area contributed by atoms with Crippen LogP contribution in [0, 0.1) is 0 Å². The van der Waals surface area contributed by atoms with Crippen molar-refractivity contribution in [2.45, 2.75) is 41.9 Å². The summed E-state index contributed by atoms with van der Waals surface area (Å²) in [6.45, 7) is 1.52. The molecule has 32 heavy (non-hydrogen) atoms. The van der Waals surface area contributed by atoms with Gasteiger partial charge in [-0.1, -0.05) is 12.5 Å². The molecule has 2 heterocycles.